The van der Waals surface area contributed by atoms with Crippen LogP contribution in [0.25, 0.3) is 0 Å². The number of nitrogens with zero attached hydrogens (tertiary/aromatic N) is 1. The van der Waals surface area contributed by atoms with Crippen LogP contribution in [-0.2, 0) is 6.54 Å². The first-order valence-corrected chi connectivity index (χ1v) is 8.29. The normalized spacial score (nSPS) is 15.3. The van der Waals surface area contributed by atoms with Gasteiger partial charge in [0, 0.05) is 24.4 Å². The predicted octanol–water partition coefficient (Wildman–Crippen LogP) is 5.25. The van der Waals surface area contributed by atoms with E-state index in [0.717, 1.165) is 18.2 Å². The van der Waals surface area contributed by atoms with Crippen LogP contribution in [0.2, 0.25) is 0 Å². The molecule has 0 amide bonds. The Hall–Kier alpha value is -2.36. The van der Waals surface area contributed by atoms with Crippen LogP contribution < -0.4 is 5.32 Å². The number of nitrogens with one attached hydrogen (secondary N) is 1. The van der Waals surface area contributed by atoms with Gasteiger partial charge in [-0.2, -0.15) is 0 Å². The van der Waals surface area contributed by atoms with Crippen molar-refractivity contribution < 1.29 is 4.92 Å². The molecule has 1 fully saturated rings. The van der Waals surface area contributed by atoms with Gasteiger partial charge in [-0.25, -0.2) is 0 Å². The topological polar surface area (TPSA) is 55.2 Å². The van der Waals surface area contributed by atoms with Gasteiger partial charge in [0.15, 0.2) is 0 Å². The summed E-state index contributed by atoms with van der Waals surface area (Å²) in [6.07, 6.45) is 6.73. The molecule has 0 radical (unpaired) electrons. The Kier molecular flexibility index (Phi) is 4.91. The molecule has 1 N–H and O–H groups in total. The molecule has 1 aliphatic rings. The summed E-state index contributed by atoms with van der Waals surface area (Å²) in [5.74, 6) is 0.737. The third-order valence-corrected chi connectivity index (χ3v) is 4.63. The zero-order valence-electron chi connectivity index (χ0n) is 13.2. The minimum Gasteiger partial charge on any atom is -0.381 e. The van der Waals surface area contributed by atoms with Crippen LogP contribution in [-0.4, -0.2) is 4.92 Å². The zero-order chi connectivity index (χ0) is 16.1. The lowest BCUT2D eigenvalue weighted by Crippen LogP contribution is -2.05. The Labute approximate surface area is 136 Å². The van der Waals surface area contributed by atoms with E-state index in [1.54, 1.807) is 12.1 Å². The number of non-ortho nitro benzene ring substituents is 1. The fourth-order valence-electron chi connectivity index (χ4n) is 3.25. The second-order valence-corrected chi connectivity index (χ2v) is 6.23. The minimum absolute atomic E-state index is 0.118. The number of benzene rings is 2. The highest BCUT2D eigenvalue weighted by atomic mass is 16.6. The van der Waals surface area contributed by atoms with Crippen LogP contribution in [0.1, 0.15) is 49.1 Å². The fourth-order valence-corrected chi connectivity index (χ4v) is 3.25. The molecular formula is C19H22N2O2. The maximum Gasteiger partial charge on any atom is 0.269 e. The second kappa shape index (κ2) is 7.27. The van der Waals surface area contributed by atoms with Gasteiger partial charge in [-0.3, -0.25) is 10.1 Å². The van der Waals surface area contributed by atoms with Crippen molar-refractivity contribution in [2.75, 3.05) is 5.32 Å². The van der Waals surface area contributed by atoms with Crippen molar-refractivity contribution in [1.82, 2.24) is 0 Å². The van der Waals surface area contributed by atoms with Crippen molar-refractivity contribution in [2.24, 2.45) is 0 Å². The third-order valence-electron chi connectivity index (χ3n) is 4.63. The monoisotopic (exact) mass is 310 g/mol. The number of nitro benzene ring substituents is 1. The van der Waals surface area contributed by atoms with Crippen molar-refractivity contribution >= 4 is 11.4 Å². The summed E-state index contributed by atoms with van der Waals surface area (Å²) in [5, 5.41) is 13.9. The zero-order valence-corrected chi connectivity index (χ0v) is 13.2. The van der Waals surface area contributed by atoms with E-state index in [4.69, 9.17) is 0 Å². The molecule has 0 atom stereocenters. The van der Waals surface area contributed by atoms with Crippen LogP contribution in [0.5, 0.6) is 0 Å². The van der Waals surface area contributed by atoms with E-state index >= 15 is 0 Å². The van der Waals surface area contributed by atoms with Crippen LogP contribution in [0.3, 0.4) is 0 Å². The molecule has 4 heteroatoms. The quantitative estimate of drug-likeness (QED) is 0.606. The van der Waals surface area contributed by atoms with Gasteiger partial charge in [-0.05, 0) is 42.0 Å². The Balaban J connectivity index is 1.56. The summed E-state index contributed by atoms with van der Waals surface area (Å²) >= 11 is 0. The predicted molar refractivity (Wildman–Crippen MR) is 92.7 cm³/mol. The summed E-state index contributed by atoms with van der Waals surface area (Å²) in [5.41, 5.74) is 3.70. The molecule has 0 aromatic heterocycles. The van der Waals surface area contributed by atoms with Crippen molar-refractivity contribution in [1.29, 1.82) is 0 Å². The van der Waals surface area contributed by atoms with Gasteiger partial charge < -0.3 is 5.32 Å². The van der Waals surface area contributed by atoms with Gasteiger partial charge in [0.1, 0.15) is 0 Å². The number of anilines is 1. The Morgan fingerprint density at radius 2 is 1.61 bits per heavy atom. The van der Waals surface area contributed by atoms with Gasteiger partial charge in [0.25, 0.3) is 5.69 Å². The molecule has 0 aliphatic heterocycles. The summed E-state index contributed by atoms with van der Waals surface area (Å²) in [6.45, 7) is 0.725. The van der Waals surface area contributed by atoms with Gasteiger partial charge >= 0.3 is 0 Å². The van der Waals surface area contributed by atoms with Crippen LogP contribution in [0, 0.1) is 10.1 Å². The minimum atomic E-state index is -0.381. The molecule has 2 aromatic rings. The van der Waals surface area contributed by atoms with E-state index in [0.29, 0.717) is 0 Å². The van der Waals surface area contributed by atoms with E-state index in [2.05, 4.69) is 29.6 Å². The van der Waals surface area contributed by atoms with Crippen LogP contribution in [0.4, 0.5) is 11.4 Å². The molecule has 0 heterocycles. The van der Waals surface area contributed by atoms with Crippen LogP contribution in [0.15, 0.2) is 48.5 Å². The average Bonchev–Trinajstić information content (AvgIpc) is 2.61. The summed E-state index contributed by atoms with van der Waals surface area (Å²) < 4.78 is 0. The highest BCUT2D eigenvalue weighted by Gasteiger charge is 2.14. The molecule has 1 saturated carbocycles. The molecule has 1 aliphatic carbocycles. The van der Waals surface area contributed by atoms with Gasteiger partial charge in [0.2, 0.25) is 0 Å². The lowest BCUT2D eigenvalue weighted by molar-refractivity contribution is -0.384. The first kappa shape index (κ1) is 15.5. The SMILES string of the molecule is O=[N+]([O-])c1ccc(NCc2ccc(C3CCCCC3)cc2)cc1. The molecule has 4 nitrogen and oxygen atoms in total. The third kappa shape index (κ3) is 4.09. The Bertz CT molecular complexity index is 644. The van der Waals surface area contributed by atoms with E-state index in [1.807, 2.05) is 0 Å². The fraction of sp³-hybridized carbons (Fsp3) is 0.368. The standard InChI is InChI=1S/C19H22N2O2/c22-21(23)19-12-10-18(11-13-19)20-14-15-6-8-17(9-7-15)16-4-2-1-3-5-16/h6-13,16,20H,1-5,14H2. The number of hydrogen-bond donors (Lipinski definition) is 1. The second-order valence-electron chi connectivity index (χ2n) is 6.23. The molecule has 2 aromatic carbocycles. The maximum atomic E-state index is 10.6. The van der Waals surface area contributed by atoms with Crippen molar-refractivity contribution in [2.45, 2.75) is 44.6 Å². The average molecular weight is 310 g/mol. The van der Waals surface area contributed by atoms with E-state index < -0.39 is 0 Å². The highest BCUT2D eigenvalue weighted by molar-refractivity contribution is 5.48. The molecule has 0 unspecified atom stereocenters. The lowest BCUT2D eigenvalue weighted by Gasteiger charge is -2.22. The van der Waals surface area contributed by atoms with Gasteiger partial charge in [-0.1, -0.05) is 43.5 Å². The molecular weight excluding hydrogens is 288 g/mol. The van der Waals surface area contributed by atoms with E-state index in [9.17, 15) is 10.1 Å². The van der Waals surface area contributed by atoms with Crippen molar-refractivity contribution in [3.63, 3.8) is 0 Å². The molecule has 0 saturated heterocycles. The van der Waals surface area contributed by atoms with E-state index in [-0.39, 0.29) is 10.6 Å². The smallest absolute Gasteiger partial charge is 0.269 e. The van der Waals surface area contributed by atoms with Crippen LogP contribution >= 0.6 is 0 Å². The summed E-state index contributed by atoms with van der Waals surface area (Å²) in [6, 6.07) is 15.4. The number of nitro groups is 1. The lowest BCUT2D eigenvalue weighted by atomic mass is 9.84. The van der Waals surface area contributed by atoms with Gasteiger partial charge in [-0.15, -0.1) is 0 Å². The Morgan fingerprint density at radius 3 is 2.22 bits per heavy atom. The number of hydrogen-bond acceptors (Lipinski definition) is 3. The first-order chi connectivity index (χ1) is 11.2. The molecule has 0 spiro atoms. The highest BCUT2D eigenvalue weighted by Crippen LogP contribution is 2.32. The van der Waals surface area contributed by atoms with E-state index in [1.165, 1.54) is 55.4 Å². The van der Waals surface area contributed by atoms with Crippen molar-refractivity contribution in [3.05, 3.63) is 69.8 Å². The maximum absolute atomic E-state index is 10.6. The Morgan fingerprint density at radius 1 is 0.957 bits per heavy atom. The largest absolute Gasteiger partial charge is 0.381 e. The summed E-state index contributed by atoms with van der Waals surface area (Å²) in [4.78, 5) is 10.3. The molecule has 23 heavy (non-hydrogen) atoms. The molecule has 3 rings (SSSR count). The first-order valence-electron chi connectivity index (χ1n) is 8.29. The number of rotatable bonds is 5. The molecule has 0 bridgehead atoms. The van der Waals surface area contributed by atoms with Crippen molar-refractivity contribution in [3.8, 4) is 0 Å². The van der Waals surface area contributed by atoms with Gasteiger partial charge in [0.05, 0.1) is 4.92 Å². The molecule has 120 valence electrons. The summed E-state index contributed by atoms with van der Waals surface area (Å²) in [7, 11) is 0.